The van der Waals surface area contributed by atoms with Crippen LogP contribution in [-0.2, 0) is 18.0 Å². The molecule has 0 saturated carbocycles. The monoisotopic (exact) mass is 477 g/mol. The minimum absolute atomic E-state index is 0.317. The molecule has 14 heteroatoms. The van der Waals surface area contributed by atoms with E-state index in [9.17, 15) is 31.1 Å². The predicted octanol–water partition coefficient (Wildman–Crippen LogP) is 4.13. The maximum atomic E-state index is 12.7. The first-order chi connectivity index (χ1) is 15.1. The van der Waals surface area contributed by atoms with E-state index in [0.29, 0.717) is 5.69 Å². The van der Waals surface area contributed by atoms with Crippen LogP contribution in [0.4, 0.5) is 32.0 Å². The molecule has 0 aliphatic carbocycles. The standard InChI is InChI=1S/C17H16F3N5O.C2HF3O2/c1-10-11(2)25(9-21-10)13-6-4-12(5-7-13)22-16(26)15-23-14(8-24(15)3)17(18,19)20;3-2(4,5)1(6)7/h4-9H,1-3H3,(H,22,26);(H,6,7). The van der Waals surface area contributed by atoms with Gasteiger partial charge in [0.25, 0.3) is 5.91 Å². The van der Waals surface area contributed by atoms with Crippen LogP contribution in [0.15, 0.2) is 36.8 Å². The summed E-state index contributed by atoms with van der Waals surface area (Å²) in [6.07, 6.45) is -7.20. The number of carboxylic acids is 1. The Hall–Kier alpha value is -3.84. The molecule has 0 spiro atoms. The molecule has 1 amide bonds. The minimum Gasteiger partial charge on any atom is -0.475 e. The van der Waals surface area contributed by atoms with E-state index in [1.165, 1.54) is 7.05 Å². The zero-order valence-corrected chi connectivity index (χ0v) is 17.3. The maximum Gasteiger partial charge on any atom is 0.490 e. The van der Waals surface area contributed by atoms with Crippen LogP contribution in [0, 0.1) is 13.8 Å². The normalized spacial score (nSPS) is 11.5. The van der Waals surface area contributed by atoms with Gasteiger partial charge < -0.3 is 19.6 Å². The van der Waals surface area contributed by atoms with Crippen LogP contribution in [0.25, 0.3) is 5.69 Å². The highest BCUT2D eigenvalue weighted by Crippen LogP contribution is 2.28. The lowest BCUT2D eigenvalue weighted by Crippen LogP contribution is -2.21. The largest absolute Gasteiger partial charge is 0.490 e. The van der Waals surface area contributed by atoms with E-state index in [1.54, 1.807) is 30.6 Å². The van der Waals surface area contributed by atoms with Gasteiger partial charge >= 0.3 is 18.3 Å². The van der Waals surface area contributed by atoms with E-state index in [2.05, 4.69) is 15.3 Å². The number of aliphatic carboxylic acids is 1. The fraction of sp³-hybridized carbons (Fsp3) is 0.263. The summed E-state index contributed by atoms with van der Waals surface area (Å²) in [4.78, 5) is 28.7. The van der Waals surface area contributed by atoms with E-state index < -0.39 is 29.9 Å². The molecule has 0 fully saturated rings. The smallest absolute Gasteiger partial charge is 0.475 e. The van der Waals surface area contributed by atoms with Crippen molar-refractivity contribution in [1.82, 2.24) is 19.1 Å². The number of amides is 1. The Balaban J connectivity index is 0.000000479. The third kappa shape index (κ3) is 6.33. The SMILES string of the molecule is Cc1ncn(-c2ccc(NC(=O)c3nc(C(F)(F)F)cn3C)cc2)c1C.O=C(O)C(F)(F)F. The van der Waals surface area contributed by atoms with Crippen molar-refractivity contribution in [2.75, 3.05) is 5.32 Å². The highest BCUT2D eigenvalue weighted by Gasteiger charge is 2.38. The topological polar surface area (TPSA) is 102 Å². The van der Waals surface area contributed by atoms with Crippen molar-refractivity contribution >= 4 is 17.6 Å². The summed E-state index contributed by atoms with van der Waals surface area (Å²) in [5, 5.41) is 9.67. The number of imidazole rings is 2. The van der Waals surface area contributed by atoms with Gasteiger partial charge in [0, 0.05) is 30.3 Å². The lowest BCUT2D eigenvalue weighted by atomic mass is 10.2. The summed E-state index contributed by atoms with van der Waals surface area (Å²) in [5.74, 6) is -3.79. The van der Waals surface area contributed by atoms with E-state index in [-0.39, 0.29) is 5.82 Å². The van der Waals surface area contributed by atoms with Crippen LogP contribution in [0.5, 0.6) is 0 Å². The Kier molecular flexibility index (Phi) is 7.19. The van der Waals surface area contributed by atoms with Gasteiger partial charge in [-0.15, -0.1) is 0 Å². The van der Waals surface area contributed by atoms with Gasteiger partial charge in [0.05, 0.1) is 12.0 Å². The Morgan fingerprint density at radius 1 is 1.03 bits per heavy atom. The summed E-state index contributed by atoms with van der Waals surface area (Å²) in [7, 11) is 1.34. The number of anilines is 1. The van der Waals surface area contributed by atoms with Crippen molar-refractivity contribution in [3.63, 3.8) is 0 Å². The van der Waals surface area contributed by atoms with Crippen molar-refractivity contribution in [2.45, 2.75) is 26.2 Å². The molecule has 0 bridgehead atoms. The van der Waals surface area contributed by atoms with Gasteiger partial charge in [0.2, 0.25) is 0 Å². The molecule has 178 valence electrons. The number of rotatable bonds is 3. The van der Waals surface area contributed by atoms with Crippen LogP contribution >= 0.6 is 0 Å². The number of benzene rings is 1. The first-order valence-electron chi connectivity index (χ1n) is 8.94. The van der Waals surface area contributed by atoms with Crippen molar-refractivity contribution in [1.29, 1.82) is 0 Å². The van der Waals surface area contributed by atoms with Gasteiger partial charge in [-0.25, -0.2) is 14.8 Å². The van der Waals surface area contributed by atoms with E-state index in [4.69, 9.17) is 9.90 Å². The third-order valence-electron chi connectivity index (χ3n) is 4.27. The van der Waals surface area contributed by atoms with Gasteiger partial charge in [-0.3, -0.25) is 4.79 Å². The molecule has 1 aromatic carbocycles. The van der Waals surface area contributed by atoms with Crippen molar-refractivity contribution in [3.05, 3.63) is 59.7 Å². The molecule has 0 aliphatic heterocycles. The molecule has 8 nitrogen and oxygen atoms in total. The average molecular weight is 477 g/mol. The molecule has 0 saturated heterocycles. The van der Waals surface area contributed by atoms with Gasteiger partial charge in [0.1, 0.15) is 0 Å². The van der Waals surface area contributed by atoms with Crippen LogP contribution in [0.3, 0.4) is 0 Å². The number of nitrogens with zero attached hydrogens (tertiary/aromatic N) is 4. The fourth-order valence-electron chi connectivity index (χ4n) is 2.47. The van der Waals surface area contributed by atoms with E-state index in [1.807, 2.05) is 18.4 Å². The lowest BCUT2D eigenvalue weighted by Gasteiger charge is -2.08. The molecule has 0 aliphatic rings. The van der Waals surface area contributed by atoms with Gasteiger partial charge in [-0.1, -0.05) is 0 Å². The van der Waals surface area contributed by atoms with E-state index >= 15 is 0 Å². The molecule has 2 aromatic heterocycles. The number of halogens is 6. The van der Waals surface area contributed by atoms with Gasteiger partial charge in [-0.05, 0) is 38.1 Å². The molecular formula is C19H17F6N5O3. The Bertz CT molecular complexity index is 1150. The molecule has 3 rings (SSSR count). The number of carboxylic acid groups (broad SMARTS) is 1. The molecule has 0 unspecified atom stereocenters. The number of hydrogen-bond acceptors (Lipinski definition) is 4. The summed E-state index contributed by atoms with van der Waals surface area (Å²) < 4.78 is 72.8. The predicted molar refractivity (Wildman–Crippen MR) is 103 cm³/mol. The van der Waals surface area contributed by atoms with E-state index in [0.717, 1.165) is 27.8 Å². The van der Waals surface area contributed by atoms with Crippen molar-refractivity contribution in [3.8, 4) is 5.69 Å². The first kappa shape index (κ1) is 25.4. The molecule has 3 aromatic rings. The second-order valence-electron chi connectivity index (χ2n) is 6.65. The third-order valence-corrected chi connectivity index (χ3v) is 4.27. The van der Waals surface area contributed by atoms with Crippen LogP contribution in [0.2, 0.25) is 0 Å². The van der Waals surface area contributed by atoms with Crippen LogP contribution < -0.4 is 5.32 Å². The first-order valence-corrected chi connectivity index (χ1v) is 8.94. The summed E-state index contributed by atoms with van der Waals surface area (Å²) >= 11 is 0. The lowest BCUT2D eigenvalue weighted by molar-refractivity contribution is -0.192. The fourth-order valence-corrected chi connectivity index (χ4v) is 2.47. The number of nitrogens with one attached hydrogen (secondary N) is 1. The Morgan fingerprint density at radius 3 is 1.97 bits per heavy atom. The summed E-state index contributed by atoms with van der Waals surface area (Å²) in [6.45, 7) is 3.85. The molecule has 2 heterocycles. The molecule has 2 N–H and O–H groups in total. The number of carbonyl (C=O) groups is 2. The quantitative estimate of drug-likeness (QED) is 0.553. The van der Waals surface area contributed by atoms with Crippen molar-refractivity contribution in [2.24, 2.45) is 7.05 Å². The van der Waals surface area contributed by atoms with Crippen LogP contribution in [0.1, 0.15) is 27.7 Å². The number of hydrogen-bond donors (Lipinski definition) is 2. The molecule has 0 atom stereocenters. The molecule has 33 heavy (non-hydrogen) atoms. The maximum absolute atomic E-state index is 12.7. The Morgan fingerprint density at radius 2 is 1.58 bits per heavy atom. The van der Waals surface area contributed by atoms with Gasteiger partial charge in [0.15, 0.2) is 11.5 Å². The highest BCUT2D eigenvalue weighted by atomic mass is 19.4. The molecular weight excluding hydrogens is 460 g/mol. The highest BCUT2D eigenvalue weighted by molar-refractivity contribution is 6.01. The second kappa shape index (κ2) is 9.34. The summed E-state index contributed by atoms with van der Waals surface area (Å²) in [6, 6.07) is 6.89. The summed E-state index contributed by atoms with van der Waals surface area (Å²) in [5.41, 5.74) is 2.11. The average Bonchev–Trinajstić information content (AvgIpc) is 3.25. The number of carbonyl (C=O) groups excluding carboxylic acids is 1. The zero-order valence-electron chi connectivity index (χ0n) is 17.3. The minimum atomic E-state index is -5.08. The van der Waals surface area contributed by atoms with Gasteiger partial charge in [-0.2, -0.15) is 26.3 Å². The zero-order chi connectivity index (χ0) is 25.1. The Labute approximate surface area is 182 Å². The van der Waals surface area contributed by atoms with Crippen LogP contribution in [-0.4, -0.2) is 42.3 Å². The number of aromatic nitrogens is 4. The number of alkyl halides is 6. The second-order valence-corrected chi connectivity index (χ2v) is 6.65. The van der Waals surface area contributed by atoms with Crippen molar-refractivity contribution < 1.29 is 41.0 Å². The molecule has 0 radical (unpaired) electrons. The number of aryl methyl sites for hydroxylation is 2.